The number of nitrogens with one attached hydrogen (secondary N) is 4. The molecule has 0 radical (unpaired) electrons. The number of aromatic nitrogens is 5. The number of ether oxygens (including phenoxy) is 5. The number of nitrogens with zero attached hydrogens (tertiary/aromatic N) is 5. The van der Waals surface area contributed by atoms with E-state index in [-0.39, 0.29) is 96.8 Å². The second-order valence-electron chi connectivity index (χ2n) is 53.4. The van der Waals surface area contributed by atoms with Crippen molar-refractivity contribution < 1.29 is 47.7 Å². The van der Waals surface area contributed by atoms with Crippen LogP contribution in [0.5, 0.6) is 0 Å². The lowest BCUT2D eigenvalue weighted by Crippen LogP contribution is -2.63. The van der Waals surface area contributed by atoms with Crippen molar-refractivity contribution in [3.8, 4) is 45.0 Å². The Morgan fingerprint density at radius 1 is 0.368 bits per heavy atom. The van der Waals surface area contributed by atoms with E-state index in [1.54, 1.807) is 0 Å². The smallest absolute Gasteiger partial charge is 0.308 e. The molecule has 0 bridgehead atoms. The summed E-state index contributed by atoms with van der Waals surface area (Å²) >= 11 is 0. The lowest BCUT2D eigenvalue weighted by molar-refractivity contribution is -0.149. The molecular formula is C125H185N9O10. The molecule has 4 aliphatic heterocycles. The van der Waals surface area contributed by atoms with Crippen LogP contribution in [0.2, 0.25) is 0 Å². The number of pyridine rings is 1. The van der Waals surface area contributed by atoms with Gasteiger partial charge in [0.2, 0.25) is 0 Å². The maximum absolute atomic E-state index is 13.8. The molecular weight excluding hydrogens is 1790 g/mol. The van der Waals surface area contributed by atoms with Crippen LogP contribution in [0, 0.1) is 56.8 Å². The number of carbonyl (C=O) groups excluding carboxylic acids is 5. The van der Waals surface area contributed by atoms with Gasteiger partial charge in [-0.25, -0.2) is 0 Å². The van der Waals surface area contributed by atoms with Crippen LogP contribution < -0.4 is 21.3 Å². The number of carbonyl (C=O) groups is 5. The molecule has 4 amide bonds. The van der Waals surface area contributed by atoms with Crippen LogP contribution >= 0.6 is 0 Å². The third-order valence-corrected chi connectivity index (χ3v) is 32.5. The quantitative estimate of drug-likeness (QED) is 0.0442. The van der Waals surface area contributed by atoms with E-state index in [1.807, 2.05) is 0 Å². The largest absolute Gasteiger partial charge is 0.469 e. The van der Waals surface area contributed by atoms with E-state index in [1.165, 1.54) is 191 Å². The van der Waals surface area contributed by atoms with Crippen molar-refractivity contribution in [2.75, 3.05) is 66.5 Å². The topological polar surface area (TPSA) is 212 Å². The SMILES string of the molecule is COC(=O)CC1(NC(=O)c2cc(-c3cc(C(C)(C)C)cc(C(C)(C)C)c3)n(CC3CCCCC3)c2C)COC1.Cc1c(C(=O)NC2COC2)cc(-c2cc(C(C)(C)C)cc(C(C)(C)C)c2)n1C(C)C1CCCCC1.Cc1c(C(=O)NC2COC2)cc(-c2cc(C(C)(C)C)cc(C(C)(C)C)c2)n1CC1CCCCC1.Cc1c(C(=O)NCC2(C)COC2)cc(-c2cc(C(C)(C)C)nc(C(C)(C)C)c2)n1CC1CCCCC1. The zero-order valence-corrected chi connectivity index (χ0v) is 94.9. The summed E-state index contributed by atoms with van der Waals surface area (Å²) in [4.78, 5) is 70.9. The van der Waals surface area contributed by atoms with Gasteiger partial charge < -0.3 is 63.2 Å². The molecule has 3 aromatic carbocycles. The zero-order chi connectivity index (χ0) is 105. The summed E-state index contributed by atoms with van der Waals surface area (Å²) in [5.74, 6) is 2.16. The van der Waals surface area contributed by atoms with E-state index in [2.05, 4.69) is 338 Å². The molecule has 0 spiro atoms. The number of hydrogen-bond acceptors (Lipinski definition) is 11. The fourth-order valence-electron chi connectivity index (χ4n) is 22.1. The fraction of sp³-hybridized carbons (Fsp3) is 0.648. The summed E-state index contributed by atoms with van der Waals surface area (Å²) in [6.45, 7) is 75.3. The van der Waals surface area contributed by atoms with E-state index in [9.17, 15) is 24.0 Å². The fourth-order valence-corrected chi connectivity index (χ4v) is 22.1. The van der Waals surface area contributed by atoms with Crippen LogP contribution in [0.1, 0.15) is 430 Å². The van der Waals surface area contributed by atoms with E-state index in [4.69, 9.17) is 28.7 Å². The number of esters is 1. The predicted molar refractivity (Wildman–Crippen MR) is 590 cm³/mol. The first kappa shape index (κ1) is 112. The first-order chi connectivity index (χ1) is 67.3. The third-order valence-electron chi connectivity index (χ3n) is 32.5. The average molecular weight is 1970 g/mol. The van der Waals surface area contributed by atoms with Crippen molar-refractivity contribution in [2.45, 2.75) is 429 Å². The molecule has 8 aromatic rings. The van der Waals surface area contributed by atoms with Gasteiger partial charge in [-0.1, -0.05) is 268 Å². The number of benzene rings is 3. The van der Waals surface area contributed by atoms with Gasteiger partial charge >= 0.3 is 5.97 Å². The molecule has 5 aromatic heterocycles. The highest BCUT2D eigenvalue weighted by Gasteiger charge is 2.45. The Kier molecular flexibility index (Phi) is 35.3. The Bertz CT molecular complexity index is 5650. The molecule has 1 atom stereocenters. The van der Waals surface area contributed by atoms with Gasteiger partial charge in [-0.3, -0.25) is 29.0 Å². The van der Waals surface area contributed by atoms with E-state index < -0.39 is 5.54 Å². The lowest BCUT2D eigenvalue weighted by atomic mass is 9.79. The van der Waals surface area contributed by atoms with Gasteiger partial charge in [-0.2, -0.15) is 0 Å². The molecule has 144 heavy (non-hydrogen) atoms. The summed E-state index contributed by atoms with van der Waals surface area (Å²) in [5, 5.41) is 12.7. The van der Waals surface area contributed by atoms with Crippen LogP contribution in [0.4, 0.5) is 0 Å². The normalized spacial score (nSPS) is 18.4. The van der Waals surface area contributed by atoms with Crippen molar-refractivity contribution in [3.63, 3.8) is 0 Å². The van der Waals surface area contributed by atoms with Gasteiger partial charge in [0.05, 0.1) is 106 Å². The van der Waals surface area contributed by atoms with Gasteiger partial charge in [0.1, 0.15) is 0 Å². The molecule has 1 unspecified atom stereocenters. The Balaban J connectivity index is 0.000000161. The molecule has 790 valence electrons. The minimum atomic E-state index is -0.714. The van der Waals surface area contributed by atoms with Gasteiger partial charge in [-0.05, 0) is 265 Å². The van der Waals surface area contributed by atoms with E-state index in [0.29, 0.717) is 94.7 Å². The average Bonchev–Trinajstić information content (AvgIpc) is 1.60. The van der Waals surface area contributed by atoms with Gasteiger partial charge in [-0.15, -0.1) is 0 Å². The van der Waals surface area contributed by atoms with Crippen LogP contribution in [0.25, 0.3) is 45.0 Å². The summed E-state index contributed by atoms with van der Waals surface area (Å²) in [5.41, 5.74) is 26.1. The first-order valence-corrected chi connectivity index (χ1v) is 55.2. The lowest BCUT2D eigenvalue weighted by Gasteiger charge is -2.41. The minimum absolute atomic E-state index is 0.00343. The van der Waals surface area contributed by atoms with Gasteiger partial charge in [0.15, 0.2) is 0 Å². The molecule has 16 rings (SSSR count). The van der Waals surface area contributed by atoms with E-state index in [0.717, 1.165) is 93.0 Å². The summed E-state index contributed by atoms with van der Waals surface area (Å²) < 4.78 is 36.0. The highest BCUT2D eigenvalue weighted by molar-refractivity contribution is 6.00. The molecule has 4 N–H and O–H groups in total. The van der Waals surface area contributed by atoms with Crippen molar-refractivity contribution in [1.29, 1.82) is 0 Å². The Morgan fingerprint density at radius 3 is 0.958 bits per heavy atom. The Hall–Kier alpha value is -8.88. The highest BCUT2D eigenvalue weighted by Crippen LogP contribution is 2.46. The summed E-state index contributed by atoms with van der Waals surface area (Å²) in [6.07, 6.45) is 26.0. The zero-order valence-electron chi connectivity index (χ0n) is 94.9. The van der Waals surface area contributed by atoms with Gasteiger partial charge in [0, 0.05) is 111 Å². The molecule has 4 saturated carbocycles. The minimum Gasteiger partial charge on any atom is -0.469 e. The summed E-state index contributed by atoms with van der Waals surface area (Å²) in [6, 6.07) is 34.7. The molecule has 4 aliphatic carbocycles. The maximum Gasteiger partial charge on any atom is 0.308 e. The first-order valence-electron chi connectivity index (χ1n) is 55.2. The van der Waals surface area contributed by atoms with Crippen LogP contribution in [-0.4, -0.2) is 137 Å². The van der Waals surface area contributed by atoms with Gasteiger partial charge in [0.25, 0.3) is 23.6 Å². The Morgan fingerprint density at radius 2 is 0.667 bits per heavy atom. The number of hydrogen-bond donors (Lipinski definition) is 4. The second-order valence-corrected chi connectivity index (χ2v) is 53.4. The number of rotatable bonds is 23. The van der Waals surface area contributed by atoms with E-state index >= 15 is 0 Å². The van der Waals surface area contributed by atoms with Crippen molar-refractivity contribution in [3.05, 3.63) is 181 Å². The number of amides is 4. The van der Waals surface area contributed by atoms with Crippen LogP contribution in [0.3, 0.4) is 0 Å². The second kappa shape index (κ2) is 45.3. The van der Waals surface area contributed by atoms with Crippen molar-refractivity contribution in [1.82, 2.24) is 44.5 Å². The van der Waals surface area contributed by atoms with Crippen molar-refractivity contribution in [2.24, 2.45) is 29.1 Å². The van der Waals surface area contributed by atoms with Crippen LogP contribution in [-0.2, 0) is 91.4 Å². The van der Waals surface area contributed by atoms with Crippen molar-refractivity contribution >= 4 is 29.6 Å². The number of methoxy groups -OCH3 is 1. The molecule has 19 heteroatoms. The maximum atomic E-state index is 13.8. The third kappa shape index (κ3) is 27.8. The highest BCUT2D eigenvalue weighted by atomic mass is 16.5. The monoisotopic (exact) mass is 1970 g/mol. The standard InChI is InChI=1S/C33H48N2O4.C31H47N3O2.C31H46N2O2.C30H44N2O2/c1-22-27(30(37)34-33(20-39-21-33)18-29(36)38-8)17-28(35(22)19-23-12-10-9-11-13-23)24-14-25(31(2,3)4)16-26(15-24)32(5,6)7;1-21-24(28(35)32-18-31(8)19-36-20-31)16-25(34(21)17-22-12-10-9-11-13-22)23-14-26(29(2,3)4)33-27(15-23)30(5,6)7;1-20(22-12-10-9-11-13-22)33-21(2)27(29(34)32-26-18-35-19-26)17-28(33)23-14-24(30(3,4)5)16-25(15-23)31(6,7)8;1-20-26(28(33)31-25-18-34-19-25)16-27(32(20)17-21-11-9-8-10-12-21)22-13-23(29(2,3)4)15-24(14-22)30(5,6)7/h14-17,23H,9-13,18-21H2,1-8H3,(H,34,37);14-16,22H,9-13,17-20H2,1-8H3,(H,32,35);14-17,20,22,26H,9-13,18-19H2,1-8H3,(H,32,34);13-16,21,25H,8-12,17-19H2,1-7H3,(H,31,33). The molecule has 8 aliphatic rings. The molecule has 8 fully saturated rings. The summed E-state index contributed by atoms with van der Waals surface area (Å²) in [7, 11) is 1.37. The molecule has 19 nitrogen and oxygen atoms in total. The Labute approximate surface area is 867 Å². The predicted octanol–water partition coefficient (Wildman–Crippen LogP) is 27.6. The molecule has 4 saturated heterocycles. The molecule has 9 heterocycles. The van der Waals surface area contributed by atoms with Crippen LogP contribution in [0.15, 0.2) is 91.0 Å².